The first-order valence-electron chi connectivity index (χ1n) is 7.42. The maximum Gasteiger partial charge on any atom is 1.00 e. The van der Waals surface area contributed by atoms with Crippen molar-refractivity contribution in [3.63, 3.8) is 0 Å². The van der Waals surface area contributed by atoms with Crippen LogP contribution in [-0.2, 0) is 16.5 Å². The van der Waals surface area contributed by atoms with Gasteiger partial charge in [-0.15, -0.1) is 0 Å². The van der Waals surface area contributed by atoms with Crippen LogP contribution in [0.4, 0.5) is 5.69 Å². The summed E-state index contributed by atoms with van der Waals surface area (Å²) < 4.78 is 32.6. The molecule has 2 N–H and O–H groups in total. The fourth-order valence-electron chi connectivity index (χ4n) is 2.05. The molecular weight excluding hydrogens is 422 g/mol. The summed E-state index contributed by atoms with van der Waals surface area (Å²) in [7, 11) is -4.44. The van der Waals surface area contributed by atoms with Gasteiger partial charge in [-0.3, -0.25) is 0 Å². The summed E-state index contributed by atoms with van der Waals surface area (Å²) in [6.45, 7) is 0.594. The molecule has 0 amide bonds. The molecule has 0 aliphatic rings. The van der Waals surface area contributed by atoms with Crippen molar-refractivity contribution in [1.29, 1.82) is 0 Å². The van der Waals surface area contributed by atoms with Crippen LogP contribution in [0, 0.1) is 6.07 Å². The molecule has 27 heavy (non-hydrogen) atoms. The van der Waals surface area contributed by atoms with Crippen LogP contribution in [0.25, 0.3) is 0 Å². The first-order chi connectivity index (χ1) is 11.8. The minimum Gasteiger partial charge on any atom is -0.744 e. The van der Waals surface area contributed by atoms with Crippen LogP contribution < -0.4 is 69.7 Å². The van der Waals surface area contributed by atoms with E-state index in [2.05, 4.69) is 16.7 Å². The van der Waals surface area contributed by atoms with E-state index in [1.54, 1.807) is 0 Å². The number of anilines is 1. The quantitative estimate of drug-likeness (QED) is 0.203. The van der Waals surface area contributed by atoms with Gasteiger partial charge in [0.05, 0.1) is 4.90 Å². The molecular formula is C17H16N2Na2O3S3. The molecule has 0 aliphatic heterocycles. The summed E-state index contributed by atoms with van der Waals surface area (Å²) in [6.07, 6.45) is 1.43. The van der Waals surface area contributed by atoms with Crippen LogP contribution in [0.3, 0.4) is 0 Å². The third kappa shape index (κ3) is 10.5. The zero-order valence-electron chi connectivity index (χ0n) is 15.2. The molecule has 0 atom stereocenters. The van der Waals surface area contributed by atoms with Crippen molar-refractivity contribution in [2.75, 3.05) is 11.9 Å². The molecule has 2 rings (SSSR count). The van der Waals surface area contributed by atoms with Crippen molar-refractivity contribution in [1.82, 2.24) is 5.32 Å². The molecule has 0 heterocycles. The molecule has 5 nitrogen and oxygen atoms in total. The minimum atomic E-state index is -4.44. The fraction of sp³-hybridized carbons (Fsp3) is 0.176. The second kappa shape index (κ2) is 13.4. The van der Waals surface area contributed by atoms with Crippen molar-refractivity contribution in [2.24, 2.45) is 0 Å². The SMILES string of the molecule is O=S(=O)([O-])c1ccc(NC(=S)NCCC(=S)Cc2cc[c-]cc2)cc1.[Na+].[Na+]. The van der Waals surface area contributed by atoms with Gasteiger partial charge in [0.25, 0.3) is 0 Å². The van der Waals surface area contributed by atoms with Gasteiger partial charge in [-0.05, 0) is 54.2 Å². The summed E-state index contributed by atoms with van der Waals surface area (Å²) in [6, 6.07) is 16.1. The van der Waals surface area contributed by atoms with Gasteiger partial charge in [0, 0.05) is 12.2 Å². The predicted octanol–water partition coefficient (Wildman–Crippen LogP) is -3.31. The average molecular weight is 439 g/mol. The van der Waals surface area contributed by atoms with Crippen LogP contribution in [0.2, 0.25) is 0 Å². The fourth-order valence-corrected chi connectivity index (χ4v) is 3.01. The van der Waals surface area contributed by atoms with Crippen LogP contribution in [-0.4, -0.2) is 29.5 Å². The second-order valence-electron chi connectivity index (χ2n) is 5.23. The smallest absolute Gasteiger partial charge is 0.744 e. The molecule has 2 aromatic carbocycles. The Morgan fingerprint density at radius 1 is 1.04 bits per heavy atom. The molecule has 132 valence electrons. The van der Waals surface area contributed by atoms with Crippen LogP contribution in [0.1, 0.15) is 12.0 Å². The first-order valence-corrected chi connectivity index (χ1v) is 9.64. The third-order valence-corrected chi connectivity index (χ3v) is 4.72. The molecule has 0 radical (unpaired) electrons. The number of nitrogens with one attached hydrogen (secondary N) is 2. The normalized spacial score (nSPS) is 10.1. The first kappa shape index (κ1) is 27.1. The van der Waals surface area contributed by atoms with E-state index < -0.39 is 10.1 Å². The van der Waals surface area contributed by atoms with Crippen molar-refractivity contribution < 1.29 is 72.1 Å². The Bertz CT molecular complexity index is 845. The number of thiocarbonyl (C=S) groups is 2. The van der Waals surface area contributed by atoms with E-state index in [0.29, 0.717) is 23.8 Å². The Labute approximate surface area is 215 Å². The van der Waals surface area contributed by atoms with Gasteiger partial charge in [0.15, 0.2) is 5.11 Å². The van der Waals surface area contributed by atoms with E-state index in [0.717, 1.165) is 16.8 Å². The van der Waals surface area contributed by atoms with E-state index >= 15 is 0 Å². The number of rotatable bonds is 7. The van der Waals surface area contributed by atoms with Gasteiger partial charge in [-0.25, -0.2) is 8.42 Å². The molecule has 0 aromatic heterocycles. The molecule has 0 saturated carbocycles. The maximum absolute atomic E-state index is 10.9. The van der Waals surface area contributed by atoms with Gasteiger partial charge in [0.1, 0.15) is 10.1 Å². The maximum atomic E-state index is 10.9. The summed E-state index contributed by atoms with van der Waals surface area (Å²) in [5.74, 6) is 0. The van der Waals surface area contributed by atoms with Gasteiger partial charge in [-0.2, -0.15) is 35.9 Å². The third-order valence-electron chi connectivity index (χ3n) is 3.28. The van der Waals surface area contributed by atoms with Crippen molar-refractivity contribution in [3.05, 3.63) is 60.2 Å². The van der Waals surface area contributed by atoms with E-state index in [1.807, 2.05) is 24.3 Å². The number of hydrogen-bond acceptors (Lipinski definition) is 5. The van der Waals surface area contributed by atoms with Crippen molar-refractivity contribution in [2.45, 2.75) is 17.7 Å². The molecule has 0 bridgehead atoms. The number of benzene rings is 2. The van der Waals surface area contributed by atoms with Gasteiger partial charge in [0.2, 0.25) is 0 Å². The summed E-state index contributed by atoms with van der Waals surface area (Å²) in [5.41, 5.74) is 1.74. The van der Waals surface area contributed by atoms with Gasteiger partial charge < -0.3 is 15.2 Å². The standard InChI is InChI=1S/C17H17N2O3S3.2Na/c20-25(21,22)16-8-6-14(7-9-16)19-17(24)18-11-10-15(23)12-13-4-2-1-3-5-13;;/h2-9H,10-12H2,(H2,18,19,24)(H,20,21,22);;/q-1;2*+1/p-1. The zero-order valence-corrected chi connectivity index (χ0v) is 21.6. The Morgan fingerprint density at radius 2 is 1.63 bits per heavy atom. The number of hydrogen-bond donors (Lipinski definition) is 2. The van der Waals surface area contributed by atoms with E-state index in [9.17, 15) is 13.0 Å². The molecule has 0 unspecified atom stereocenters. The molecule has 0 aliphatic carbocycles. The molecule has 2 aromatic rings. The Morgan fingerprint density at radius 3 is 2.19 bits per heavy atom. The summed E-state index contributed by atoms with van der Waals surface area (Å²) in [5, 5.41) is 6.36. The monoisotopic (exact) mass is 438 g/mol. The molecule has 10 heteroatoms. The van der Waals surface area contributed by atoms with E-state index in [1.165, 1.54) is 24.3 Å². The van der Waals surface area contributed by atoms with Gasteiger partial charge in [-0.1, -0.05) is 12.2 Å². The van der Waals surface area contributed by atoms with Crippen LogP contribution in [0.5, 0.6) is 0 Å². The van der Waals surface area contributed by atoms with Crippen molar-refractivity contribution >= 4 is 50.2 Å². The van der Waals surface area contributed by atoms with Gasteiger partial charge >= 0.3 is 59.1 Å². The molecule has 0 fully saturated rings. The molecule has 0 spiro atoms. The van der Waals surface area contributed by atoms with Crippen LogP contribution >= 0.6 is 24.4 Å². The summed E-state index contributed by atoms with van der Waals surface area (Å²) in [4.78, 5) is 0.646. The second-order valence-corrected chi connectivity index (χ2v) is 7.60. The van der Waals surface area contributed by atoms with E-state index in [4.69, 9.17) is 24.4 Å². The average Bonchev–Trinajstić information content (AvgIpc) is 2.55. The molecule has 0 saturated heterocycles. The Balaban J connectivity index is 0.00000338. The van der Waals surface area contributed by atoms with E-state index in [-0.39, 0.29) is 64.0 Å². The van der Waals surface area contributed by atoms with Crippen LogP contribution in [0.15, 0.2) is 53.4 Å². The Kier molecular flexibility index (Phi) is 13.4. The van der Waals surface area contributed by atoms with Crippen molar-refractivity contribution in [3.8, 4) is 0 Å². The summed E-state index contributed by atoms with van der Waals surface area (Å²) >= 11 is 10.5. The minimum absolute atomic E-state index is 0. The predicted molar refractivity (Wildman–Crippen MR) is 105 cm³/mol. The Hall–Kier alpha value is 0.130. The topological polar surface area (TPSA) is 81.3 Å². The zero-order chi connectivity index (χ0) is 18.3. The largest absolute Gasteiger partial charge is 1.00 e.